The molecule has 0 unspecified atom stereocenters. The van der Waals surface area contributed by atoms with Gasteiger partial charge in [-0.05, 0) is 12.1 Å². The van der Waals surface area contributed by atoms with Crippen LogP contribution in [0.25, 0.3) is 11.3 Å². The molecule has 2 heterocycles. The molecule has 1 aliphatic rings. The van der Waals surface area contributed by atoms with E-state index in [2.05, 4.69) is 22.6 Å². The van der Waals surface area contributed by atoms with Gasteiger partial charge in [0.05, 0.1) is 17.6 Å². The van der Waals surface area contributed by atoms with Gasteiger partial charge in [0.15, 0.2) is 0 Å². The quantitative estimate of drug-likeness (QED) is 0.859. The zero-order chi connectivity index (χ0) is 15.1. The fourth-order valence-electron chi connectivity index (χ4n) is 2.35. The summed E-state index contributed by atoms with van der Waals surface area (Å²) in [6.45, 7) is 4.84. The summed E-state index contributed by atoms with van der Waals surface area (Å²) in [5, 5.41) is 11.4. The lowest BCUT2D eigenvalue weighted by molar-refractivity contribution is 0.156. The summed E-state index contributed by atoms with van der Waals surface area (Å²) in [4.78, 5) is -0.355. The van der Waals surface area contributed by atoms with Crippen LogP contribution in [0.4, 0.5) is 3.89 Å². The normalized spacial score (nSPS) is 17.4. The lowest BCUT2D eigenvalue weighted by Gasteiger charge is -2.38. The molecule has 0 amide bonds. The van der Waals surface area contributed by atoms with Crippen LogP contribution >= 0.6 is 0 Å². The number of nitrogens with one attached hydrogen (secondary N) is 1. The smallest absolute Gasteiger partial charge is 0.315 e. The van der Waals surface area contributed by atoms with Gasteiger partial charge in [0.2, 0.25) is 0 Å². The van der Waals surface area contributed by atoms with E-state index in [-0.39, 0.29) is 10.3 Å². The Morgan fingerprint density at radius 2 is 2.00 bits per heavy atom. The fourth-order valence-corrected chi connectivity index (χ4v) is 2.81. The minimum Gasteiger partial charge on any atom is -0.315 e. The summed E-state index contributed by atoms with van der Waals surface area (Å²) in [5.74, 6) is 0. The van der Waals surface area contributed by atoms with Crippen LogP contribution in [0.2, 0.25) is 0 Å². The first-order valence-corrected chi connectivity index (χ1v) is 7.90. The second-order valence-corrected chi connectivity index (χ2v) is 7.02. The first-order valence-electron chi connectivity index (χ1n) is 6.52. The van der Waals surface area contributed by atoms with Gasteiger partial charge < -0.3 is 5.32 Å². The van der Waals surface area contributed by atoms with E-state index in [1.165, 1.54) is 24.3 Å². The van der Waals surface area contributed by atoms with Gasteiger partial charge >= 0.3 is 10.2 Å². The van der Waals surface area contributed by atoms with Crippen LogP contribution in [0.1, 0.15) is 6.92 Å². The molecule has 0 bridgehead atoms. The van der Waals surface area contributed by atoms with Crippen molar-refractivity contribution >= 4 is 10.2 Å². The molecule has 6 nitrogen and oxygen atoms in total. The molecule has 1 aliphatic heterocycles. The first-order chi connectivity index (χ1) is 9.86. The number of rotatable bonds is 4. The predicted octanol–water partition coefficient (Wildman–Crippen LogP) is 1.21. The van der Waals surface area contributed by atoms with Crippen molar-refractivity contribution in [3.8, 4) is 11.3 Å². The third-order valence-corrected chi connectivity index (χ3v) is 4.45. The van der Waals surface area contributed by atoms with Crippen LogP contribution in [0.15, 0.2) is 35.4 Å². The maximum atomic E-state index is 12.8. The molecule has 1 N–H and O–H groups in total. The molecule has 8 heteroatoms. The number of hydrogen-bond acceptors (Lipinski definition) is 5. The van der Waals surface area contributed by atoms with E-state index in [1.54, 1.807) is 4.68 Å². The van der Waals surface area contributed by atoms with Crippen LogP contribution < -0.4 is 5.32 Å². The van der Waals surface area contributed by atoms with Crippen LogP contribution in [0, 0.1) is 5.41 Å². The lowest BCUT2D eigenvalue weighted by atomic mass is 9.84. The summed E-state index contributed by atoms with van der Waals surface area (Å²) >= 11 is 0. The summed E-state index contributed by atoms with van der Waals surface area (Å²) in [6, 6.07) is 5.49. The van der Waals surface area contributed by atoms with E-state index >= 15 is 0 Å². The van der Waals surface area contributed by atoms with Crippen molar-refractivity contribution in [3.63, 3.8) is 0 Å². The number of nitrogens with zero attached hydrogens (tertiary/aromatic N) is 3. The van der Waals surface area contributed by atoms with E-state index in [4.69, 9.17) is 0 Å². The van der Waals surface area contributed by atoms with Crippen LogP contribution in [0.3, 0.4) is 0 Å². The van der Waals surface area contributed by atoms with Gasteiger partial charge in [-0.1, -0.05) is 24.3 Å². The molecule has 3 rings (SSSR count). The minimum absolute atomic E-state index is 0.192. The zero-order valence-corrected chi connectivity index (χ0v) is 12.3. The lowest BCUT2D eigenvalue weighted by Crippen LogP contribution is -2.53. The van der Waals surface area contributed by atoms with Gasteiger partial charge in [-0.15, -0.1) is 8.98 Å². The van der Waals surface area contributed by atoms with Crippen molar-refractivity contribution in [2.45, 2.75) is 18.4 Å². The van der Waals surface area contributed by atoms with Gasteiger partial charge in [0, 0.05) is 24.1 Å². The molecule has 0 saturated carbocycles. The molecular weight excluding hydrogens is 295 g/mol. The van der Waals surface area contributed by atoms with E-state index in [9.17, 15) is 12.3 Å². The highest BCUT2D eigenvalue weighted by Crippen LogP contribution is 2.25. The Morgan fingerprint density at radius 3 is 2.52 bits per heavy atom. The van der Waals surface area contributed by atoms with E-state index in [1.807, 2.05) is 6.20 Å². The van der Waals surface area contributed by atoms with Crippen molar-refractivity contribution in [2.75, 3.05) is 13.1 Å². The standard InChI is InChI=1S/C13H15FN4O2S/c1-13(7-15-8-13)9-18-6-12(16-17-18)10-2-4-11(5-3-10)21(14,19)20/h2-6,15H,7-9H2,1H3. The van der Waals surface area contributed by atoms with Gasteiger partial charge in [-0.2, -0.15) is 8.42 Å². The molecule has 0 atom stereocenters. The maximum absolute atomic E-state index is 12.8. The Labute approximate surface area is 122 Å². The molecule has 1 aromatic carbocycles. The Hall–Kier alpha value is -1.80. The molecule has 21 heavy (non-hydrogen) atoms. The largest absolute Gasteiger partial charge is 0.332 e. The molecular formula is C13H15FN4O2S. The van der Waals surface area contributed by atoms with Crippen LogP contribution in [-0.4, -0.2) is 36.5 Å². The van der Waals surface area contributed by atoms with Crippen molar-refractivity contribution < 1.29 is 12.3 Å². The Kier molecular flexibility index (Phi) is 3.29. The number of hydrogen-bond donors (Lipinski definition) is 1. The zero-order valence-electron chi connectivity index (χ0n) is 11.5. The molecule has 0 aliphatic carbocycles. The summed E-state index contributed by atoms with van der Waals surface area (Å²) in [7, 11) is -4.66. The molecule has 1 saturated heterocycles. The van der Waals surface area contributed by atoms with Crippen molar-refractivity contribution in [2.24, 2.45) is 5.41 Å². The minimum atomic E-state index is -4.66. The average molecular weight is 310 g/mol. The number of benzene rings is 1. The van der Waals surface area contributed by atoms with Crippen LogP contribution in [-0.2, 0) is 16.8 Å². The molecule has 0 radical (unpaired) electrons. The van der Waals surface area contributed by atoms with Crippen molar-refractivity contribution in [3.05, 3.63) is 30.5 Å². The predicted molar refractivity (Wildman–Crippen MR) is 74.7 cm³/mol. The number of aromatic nitrogens is 3. The third-order valence-electron chi connectivity index (χ3n) is 3.62. The van der Waals surface area contributed by atoms with Gasteiger partial charge in [-0.3, -0.25) is 4.68 Å². The van der Waals surface area contributed by atoms with Crippen molar-refractivity contribution in [1.29, 1.82) is 0 Å². The Balaban J connectivity index is 1.79. The Morgan fingerprint density at radius 1 is 1.33 bits per heavy atom. The van der Waals surface area contributed by atoms with E-state index < -0.39 is 10.2 Å². The fraction of sp³-hybridized carbons (Fsp3) is 0.385. The second kappa shape index (κ2) is 4.88. The SMILES string of the molecule is CC1(Cn2cc(-c3ccc(S(=O)(=O)F)cc3)nn2)CNC1. The molecule has 1 fully saturated rings. The average Bonchev–Trinajstić information content (AvgIpc) is 2.84. The Bertz CT molecular complexity index is 751. The molecule has 112 valence electrons. The monoisotopic (exact) mass is 310 g/mol. The van der Waals surface area contributed by atoms with Crippen molar-refractivity contribution in [1.82, 2.24) is 20.3 Å². The highest BCUT2D eigenvalue weighted by Gasteiger charge is 2.32. The van der Waals surface area contributed by atoms with Gasteiger partial charge in [0.1, 0.15) is 5.69 Å². The van der Waals surface area contributed by atoms with Crippen LogP contribution in [0.5, 0.6) is 0 Å². The molecule has 1 aromatic heterocycles. The summed E-state index contributed by atoms with van der Waals surface area (Å²) in [5.41, 5.74) is 1.52. The summed E-state index contributed by atoms with van der Waals surface area (Å²) < 4.78 is 36.2. The molecule has 0 spiro atoms. The van der Waals surface area contributed by atoms with Gasteiger partial charge in [0.25, 0.3) is 0 Å². The molecule has 2 aromatic rings. The van der Waals surface area contributed by atoms with Gasteiger partial charge in [-0.25, -0.2) is 0 Å². The maximum Gasteiger partial charge on any atom is 0.332 e. The number of halogens is 1. The summed E-state index contributed by atoms with van der Waals surface area (Å²) in [6.07, 6.45) is 1.81. The first kappa shape index (κ1) is 14.2. The van der Waals surface area contributed by atoms with E-state index in [0.717, 1.165) is 19.6 Å². The highest BCUT2D eigenvalue weighted by molar-refractivity contribution is 7.86. The second-order valence-electron chi connectivity index (χ2n) is 5.68. The third kappa shape index (κ3) is 2.96. The van der Waals surface area contributed by atoms with E-state index in [0.29, 0.717) is 11.3 Å². The topological polar surface area (TPSA) is 76.9 Å². The highest BCUT2D eigenvalue weighted by atomic mass is 32.3.